The van der Waals surface area contributed by atoms with Crippen LogP contribution in [-0.2, 0) is 10.0 Å². The van der Waals surface area contributed by atoms with Crippen LogP contribution >= 0.6 is 7.26 Å². The van der Waals surface area contributed by atoms with Gasteiger partial charge in [-0.05, 0) is 30.6 Å². The Kier molecular flexibility index (Phi) is 10.4. The molecule has 5 heteroatoms. The first kappa shape index (κ1) is 27.6. The first-order valence-electron chi connectivity index (χ1n) is 13.6. The average molecular weight is 476 g/mol. The van der Waals surface area contributed by atoms with Crippen LogP contribution in [0.1, 0.15) is 112 Å². The van der Waals surface area contributed by atoms with Gasteiger partial charge in [-0.2, -0.15) is 0 Å². The third-order valence-electron chi connectivity index (χ3n) is 9.44. The predicted octanol–water partition coefficient (Wildman–Crippen LogP) is 7.05. The molecule has 2 saturated carbocycles. The molecule has 3 rings (SSSR count). The number of unbranched alkanes of at least 4 members (excludes halogenated alkanes) is 4. The molecule has 2 aliphatic carbocycles. The third kappa shape index (κ3) is 6.27. The number of nitrogens with one attached hydrogen (secondary N) is 1. The molecular weight excluding hydrogens is 421 g/mol. The van der Waals surface area contributed by atoms with Gasteiger partial charge in [0.15, 0.2) is 0 Å². The van der Waals surface area contributed by atoms with Crippen molar-refractivity contribution in [2.45, 2.75) is 118 Å². The van der Waals surface area contributed by atoms with Crippen LogP contribution in [0.5, 0.6) is 0 Å². The maximum absolute atomic E-state index is 11.6. The van der Waals surface area contributed by atoms with E-state index in [1.807, 2.05) is 0 Å². The third-order valence-corrected chi connectivity index (χ3v) is 16.6. The van der Waals surface area contributed by atoms with Crippen molar-refractivity contribution >= 4 is 17.3 Å². The molecule has 0 aromatic rings. The van der Waals surface area contributed by atoms with Crippen LogP contribution in [0.15, 0.2) is 0 Å². The molecule has 1 spiro atoms. The predicted molar refractivity (Wildman–Crippen MR) is 142 cm³/mol. The molecule has 3 aliphatic rings. The van der Waals surface area contributed by atoms with Crippen molar-refractivity contribution in [2.24, 2.45) is 16.7 Å². The minimum absolute atomic E-state index is 0.0521. The van der Waals surface area contributed by atoms with Crippen molar-refractivity contribution in [3.8, 4) is 0 Å². The van der Waals surface area contributed by atoms with Gasteiger partial charge in [-0.15, -0.1) is 0 Å². The van der Waals surface area contributed by atoms with E-state index in [0.717, 1.165) is 18.8 Å². The molecule has 31 heavy (non-hydrogen) atoms. The molecule has 1 aliphatic heterocycles. The molecule has 0 aromatic heterocycles. The quantitative estimate of drug-likeness (QED) is 0.307. The Morgan fingerprint density at radius 1 is 0.839 bits per heavy atom. The van der Waals surface area contributed by atoms with Gasteiger partial charge in [0.25, 0.3) is 0 Å². The Balaban J connectivity index is 0.000000222. The Bertz CT molecular complexity index is 610. The van der Waals surface area contributed by atoms with Gasteiger partial charge in [-0.1, -0.05) is 13.8 Å². The van der Waals surface area contributed by atoms with E-state index in [9.17, 15) is 8.42 Å². The summed E-state index contributed by atoms with van der Waals surface area (Å²) in [5, 5.41) is 0. The summed E-state index contributed by atoms with van der Waals surface area (Å²) in [5.74, 6) is 1.10. The van der Waals surface area contributed by atoms with E-state index in [1.165, 1.54) is 57.8 Å². The van der Waals surface area contributed by atoms with Gasteiger partial charge >= 0.3 is 111 Å². The first-order chi connectivity index (χ1) is 14.6. The summed E-state index contributed by atoms with van der Waals surface area (Å²) in [4.78, 5) is 0. The maximum atomic E-state index is 11.6. The number of fused-ring (bicyclic) bond motifs is 1. The molecule has 0 aromatic carbocycles. The second-order valence-corrected chi connectivity index (χ2v) is 18.4. The molecule has 0 radical (unpaired) electrons. The standard InChI is InChI=1S/C16H37P.C10H17NO2S/c1-5-9-13-17(14-10-6-2,15-11-7-3)16-12-8-4;1-9(2)7-3-4-10(9)6-14(12,13)11-8(10)5-7/h17H,5-16H2,1-4H3;7-8,11H,3-6H2,1-2H3. The van der Waals surface area contributed by atoms with Gasteiger partial charge in [-0.25, -0.2) is 13.1 Å². The zero-order chi connectivity index (χ0) is 23.2. The van der Waals surface area contributed by atoms with E-state index in [1.54, 1.807) is 24.6 Å². The molecule has 3 fully saturated rings. The van der Waals surface area contributed by atoms with Crippen molar-refractivity contribution in [3.63, 3.8) is 0 Å². The molecule has 0 amide bonds. The van der Waals surface area contributed by atoms with Crippen molar-refractivity contribution in [3.05, 3.63) is 0 Å². The van der Waals surface area contributed by atoms with E-state index in [0.29, 0.717) is 5.75 Å². The van der Waals surface area contributed by atoms with Crippen LogP contribution in [0.3, 0.4) is 0 Å². The molecule has 1 heterocycles. The minimum atomic E-state index is -2.97. The molecule has 1 N–H and O–H groups in total. The van der Waals surface area contributed by atoms with Crippen LogP contribution in [0, 0.1) is 16.7 Å². The molecule has 3 nitrogen and oxygen atoms in total. The molecule has 2 bridgehead atoms. The first-order valence-corrected chi connectivity index (χ1v) is 18.1. The topological polar surface area (TPSA) is 46.2 Å². The second kappa shape index (κ2) is 11.7. The SMILES string of the molecule is CC1(C)C2CCC13CS(=O)(=O)NC3C2.CCCC[PH](CCCC)(CCCC)CCCC. The summed E-state index contributed by atoms with van der Waals surface area (Å²) in [7, 11) is -3.85. The van der Waals surface area contributed by atoms with E-state index in [4.69, 9.17) is 0 Å². The Hall–Kier alpha value is 0.340. The van der Waals surface area contributed by atoms with Crippen LogP contribution < -0.4 is 4.72 Å². The fourth-order valence-electron chi connectivity index (χ4n) is 7.14. The van der Waals surface area contributed by atoms with Crippen LogP contribution in [0.2, 0.25) is 0 Å². The number of sulfonamides is 1. The molecule has 3 atom stereocenters. The summed E-state index contributed by atoms with van der Waals surface area (Å²) in [5.41, 5.74) is 0.269. The van der Waals surface area contributed by atoms with Gasteiger partial charge in [-0.3, -0.25) is 0 Å². The van der Waals surface area contributed by atoms with Crippen LogP contribution in [-0.4, -0.2) is 44.9 Å². The zero-order valence-electron chi connectivity index (χ0n) is 21.7. The molecular formula is C26H54NO2PS. The van der Waals surface area contributed by atoms with E-state index >= 15 is 0 Å². The van der Waals surface area contributed by atoms with E-state index in [2.05, 4.69) is 46.3 Å². The summed E-state index contributed by atoms with van der Waals surface area (Å²) in [6, 6.07) is 0.237. The van der Waals surface area contributed by atoms with Gasteiger partial charge in [0.1, 0.15) is 0 Å². The fraction of sp³-hybridized carbons (Fsp3) is 1.00. The van der Waals surface area contributed by atoms with E-state index in [-0.39, 0.29) is 16.9 Å². The monoisotopic (exact) mass is 475 g/mol. The summed E-state index contributed by atoms with van der Waals surface area (Å²) in [6.07, 6.45) is 21.5. The number of rotatable bonds is 12. The van der Waals surface area contributed by atoms with Crippen LogP contribution in [0.4, 0.5) is 0 Å². The summed E-state index contributed by atoms with van der Waals surface area (Å²) in [6.45, 7) is 14.0. The second-order valence-electron chi connectivity index (χ2n) is 11.7. The normalized spacial score (nSPS) is 30.6. The van der Waals surface area contributed by atoms with Crippen molar-refractivity contribution in [1.29, 1.82) is 0 Å². The van der Waals surface area contributed by atoms with Crippen LogP contribution in [0.25, 0.3) is 0 Å². The van der Waals surface area contributed by atoms with Crippen molar-refractivity contribution in [2.75, 3.05) is 30.4 Å². The Labute approximate surface area is 195 Å². The van der Waals surface area contributed by atoms with Gasteiger partial charge in [0.2, 0.25) is 10.0 Å². The molecule has 1 saturated heterocycles. The molecule has 186 valence electrons. The van der Waals surface area contributed by atoms with E-state index < -0.39 is 17.3 Å². The van der Waals surface area contributed by atoms with Crippen molar-refractivity contribution in [1.82, 2.24) is 4.72 Å². The zero-order valence-corrected chi connectivity index (χ0v) is 23.5. The van der Waals surface area contributed by atoms with Gasteiger partial charge in [0, 0.05) is 11.5 Å². The Morgan fingerprint density at radius 2 is 1.29 bits per heavy atom. The van der Waals surface area contributed by atoms with Gasteiger partial charge < -0.3 is 0 Å². The number of hydrogen-bond acceptors (Lipinski definition) is 2. The summed E-state index contributed by atoms with van der Waals surface area (Å²) < 4.78 is 26.0. The van der Waals surface area contributed by atoms with Gasteiger partial charge in [0.05, 0.1) is 5.75 Å². The average Bonchev–Trinajstić information content (AvgIpc) is 3.23. The Morgan fingerprint density at radius 3 is 1.65 bits per heavy atom. The fourth-order valence-corrected chi connectivity index (χ4v) is 15.3. The molecule has 3 unspecified atom stereocenters. The summed E-state index contributed by atoms with van der Waals surface area (Å²) >= 11 is 0. The number of hydrogen-bond donors (Lipinski definition) is 1. The van der Waals surface area contributed by atoms with Crippen molar-refractivity contribution < 1.29 is 8.42 Å².